The van der Waals surface area contributed by atoms with Crippen LogP contribution < -0.4 is 15.1 Å². The molecule has 2 aliphatic rings. The maximum Gasteiger partial charge on any atom is 0.308 e. The lowest BCUT2D eigenvalue weighted by Crippen LogP contribution is -2.37. The summed E-state index contributed by atoms with van der Waals surface area (Å²) in [6.45, 7) is 1.52. The highest BCUT2D eigenvalue weighted by Crippen LogP contribution is 2.34. The predicted molar refractivity (Wildman–Crippen MR) is 135 cm³/mol. The first kappa shape index (κ1) is 24.6. The summed E-state index contributed by atoms with van der Waals surface area (Å²) >= 11 is 6.49. The van der Waals surface area contributed by atoms with Crippen molar-refractivity contribution in [3.63, 3.8) is 0 Å². The minimum absolute atomic E-state index is 0.0569. The van der Waals surface area contributed by atoms with Gasteiger partial charge in [0.25, 0.3) is 0 Å². The average molecular weight is 514 g/mol. The fraction of sp³-hybridized carbons (Fsp3) is 0.407. The summed E-state index contributed by atoms with van der Waals surface area (Å²) in [5.41, 5.74) is 1.55. The number of carbonyl (C=O) groups excluding carboxylic acids is 1. The minimum Gasteiger partial charge on any atom is -0.491 e. The number of esters is 1. The summed E-state index contributed by atoms with van der Waals surface area (Å²) in [5, 5.41) is 10.9. The molecule has 2 heterocycles. The second-order valence-corrected chi connectivity index (χ2v) is 9.56. The van der Waals surface area contributed by atoms with E-state index in [0.29, 0.717) is 72.2 Å². The number of rotatable bonds is 8. The zero-order valence-electron chi connectivity index (χ0n) is 19.9. The van der Waals surface area contributed by atoms with Crippen molar-refractivity contribution in [1.29, 1.82) is 0 Å². The molecule has 8 nitrogen and oxygen atoms in total. The van der Waals surface area contributed by atoms with E-state index in [2.05, 4.69) is 0 Å². The molecule has 9 heteroatoms. The molecule has 2 fully saturated rings. The molecule has 1 N–H and O–H groups in total. The molecule has 36 heavy (non-hydrogen) atoms. The van der Waals surface area contributed by atoms with Gasteiger partial charge in [-0.3, -0.25) is 9.59 Å². The zero-order chi connectivity index (χ0) is 25.2. The molecule has 1 aromatic heterocycles. The van der Waals surface area contributed by atoms with E-state index in [0.717, 1.165) is 12.0 Å². The first-order chi connectivity index (χ1) is 17.4. The summed E-state index contributed by atoms with van der Waals surface area (Å²) in [7, 11) is 1.40. The third-order valence-corrected chi connectivity index (χ3v) is 7.08. The van der Waals surface area contributed by atoms with Gasteiger partial charge in [-0.2, -0.15) is 0 Å². The van der Waals surface area contributed by atoms with Crippen LogP contribution in [-0.4, -0.2) is 50.3 Å². The summed E-state index contributed by atoms with van der Waals surface area (Å²) in [4.78, 5) is 26.2. The maximum atomic E-state index is 12.9. The van der Waals surface area contributed by atoms with Gasteiger partial charge in [0.05, 0.1) is 36.1 Å². The van der Waals surface area contributed by atoms with Crippen LogP contribution in [0.4, 0.5) is 5.69 Å². The van der Waals surface area contributed by atoms with Crippen molar-refractivity contribution in [2.24, 2.45) is 5.92 Å². The van der Waals surface area contributed by atoms with Crippen LogP contribution in [-0.2, 0) is 14.3 Å². The van der Waals surface area contributed by atoms with Gasteiger partial charge in [0.15, 0.2) is 11.0 Å². The first-order valence-electron chi connectivity index (χ1n) is 12.1. The first-order valence-corrected chi connectivity index (χ1v) is 12.5. The number of methoxy groups -OCH3 is 1. The molecule has 1 saturated heterocycles. The molecule has 0 bridgehead atoms. The van der Waals surface area contributed by atoms with Gasteiger partial charge >= 0.3 is 5.97 Å². The van der Waals surface area contributed by atoms with E-state index >= 15 is 0 Å². The Hall–Kier alpha value is -3.07. The highest BCUT2D eigenvalue weighted by molar-refractivity contribution is 6.35. The van der Waals surface area contributed by atoms with Crippen LogP contribution in [0.2, 0.25) is 5.02 Å². The number of hydrogen-bond donors (Lipinski definition) is 1. The third kappa shape index (κ3) is 5.07. The smallest absolute Gasteiger partial charge is 0.308 e. The average Bonchev–Trinajstić information content (AvgIpc) is 3.29. The van der Waals surface area contributed by atoms with Gasteiger partial charge in [-0.1, -0.05) is 11.6 Å². The molecule has 1 unspecified atom stereocenters. The second kappa shape index (κ2) is 10.5. The van der Waals surface area contributed by atoms with Gasteiger partial charge in [0, 0.05) is 23.9 Å². The lowest BCUT2D eigenvalue weighted by atomic mass is 9.82. The highest BCUT2D eigenvalue weighted by Gasteiger charge is 2.35. The Bertz CT molecular complexity index is 1300. The van der Waals surface area contributed by atoms with E-state index in [9.17, 15) is 14.7 Å². The van der Waals surface area contributed by atoms with Gasteiger partial charge in [0.1, 0.15) is 24.3 Å². The Morgan fingerprint density at radius 3 is 2.64 bits per heavy atom. The Morgan fingerprint density at radius 1 is 1.17 bits per heavy atom. The summed E-state index contributed by atoms with van der Waals surface area (Å²) in [5.74, 6) is 0.836. The second-order valence-electron chi connectivity index (χ2n) is 9.15. The van der Waals surface area contributed by atoms with E-state index in [1.807, 2.05) is 17.0 Å². The number of carbonyl (C=O) groups is 1. The monoisotopic (exact) mass is 513 g/mol. The lowest BCUT2D eigenvalue weighted by Gasteiger charge is -2.32. The largest absolute Gasteiger partial charge is 0.491 e. The summed E-state index contributed by atoms with van der Waals surface area (Å²) in [6.07, 6.45) is 2.44. The van der Waals surface area contributed by atoms with Crippen molar-refractivity contribution in [3.05, 3.63) is 57.7 Å². The molecule has 0 radical (unpaired) electrons. The van der Waals surface area contributed by atoms with Crippen molar-refractivity contribution in [2.45, 2.75) is 38.0 Å². The molecule has 190 valence electrons. The van der Waals surface area contributed by atoms with Crippen molar-refractivity contribution in [3.8, 4) is 17.1 Å². The number of fused-ring (bicyclic) bond motifs is 1. The standard InChI is InChI=1S/C27H28ClNO7/c1-33-27(32)17-11-20(12-17)35-10-9-34-19-6-4-16(5-7-19)24-15-23(30)21-13-18(14-22(28)26(21)36-24)29-8-2-3-25(29)31/h4-7,13-15,17,20,25,31H,2-3,8-12H2,1H3. The molecule has 2 aromatic carbocycles. The van der Waals surface area contributed by atoms with Crippen molar-refractivity contribution in [2.75, 3.05) is 31.8 Å². The fourth-order valence-electron chi connectivity index (χ4n) is 4.71. The molecular formula is C27H28ClNO7. The molecule has 1 aliphatic heterocycles. The zero-order valence-corrected chi connectivity index (χ0v) is 20.7. The SMILES string of the molecule is COC(=O)C1CC(OCCOc2ccc(-c3cc(=O)c4cc(N5CCCC5O)cc(Cl)c4o3)cc2)C1. The van der Waals surface area contributed by atoms with Crippen LogP contribution in [0.25, 0.3) is 22.3 Å². The molecule has 3 aromatic rings. The van der Waals surface area contributed by atoms with E-state index < -0.39 is 6.23 Å². The lowest BCUT2D eigenvalue weighted by molar-refractivity contribution is -0.155. The fourth-order valence-corrected chi connectivity index (χ4v) is 4.96. The molecule has 5 rings (SSSR count). The number of ether oxygens (including phenoxy) is 3. The molecule has 0 amide bonds. The van der Waals surface area contributed by atoms with Crippen LogP contribution in [0.15, 0.2) is 51.7 Å². The number of aliphatic hydroxyl groups excluding tert-OH is 1. The highest BCUT2D eigenvalue weighted by atomic mass is 35.5. The number of benzene rings is 2. The Kier molecular flexibility index (Phi) is 7.18. The number of halogens is 1. The Labute approximate surface area is 213 Å². The van der Waals surface area contributed by atoms with Gasteiger partial charge in [0.2, 0.25) is 0 Å². The molecule has 1 atom stereocenters. The quantitative estimate of drug-likeness (QED) is 0.350. The van der Waals surface area contributed by atoms with Crippen molar-refractivity contribution >= 4 is 34.2 Å². The molecular weight excluding hydrogens is 486 g/mol. The van der Waals surface area contributed by atoms with Gasteiger partial charge < -0.3 is 28.6 Å². The van der Waals surface area contributed by atoms with Crippen LogP contribution in [0.3, 0.4) is 0 Å². The van der Waals surface area contributed by atoms with E-state index in [4.69, 9.17) is 30.2 Å². The summed E-state index contributed by atoms with van der Waals surface area (Å²) < 4.78 is 22.2. The number of nitrogens with zero attached hydrogens (tertiary/aromatic N) is 1. The number of hydrogen-bond acceptors (Lipinski definition) is 8. The van der Waals surface area contributed by atoms with Crippen LogP contribution in [0.5, 0.6) is 5.75 Å². The Morgan fingerprint density at radius 2 is 1.94 bits per heavy atom. The van der Waals surface area contributed by atoms with Crippen LogP contribution in [0, 0.1) is 5.92 Å². The van der Waals surface area contributed by atoms with E-state index in [-0.39, 0.29) is 23.4 Å². The van der Waals surface area contributed by atoms with Crippen molar-refractivity contribution in [1.82, 2.24) is 0 Å². The molecule has 1 saturated carbocycles. The van der Waals surface area contributed by atoms with E-state index in [1.54, 1.807) is 24.3 Å². The van der Waals surface area contributed by atoms with E-state index in [1.165, 1.54) is 13.2 Å². The van der Waals surface area contributed by atoms with Crippen molar-refractivity contribution < 1.29 is 28.5 Å². The topological polar surface area (TPSA) is 98.4 Å². The third-order valence-electron chi connectivity index (χ3n) is 6.79. The predicted octanol–water partition coefficient (Wildman–Crippen LogP) is 4.38. The Balaban J connectivity index is 1.21. The minimum atomic E-state index is -0.575. The number of aliphatic hydroxyl groups is 1. The number of anilines is 1. The summed E-state index contributed by atoms with van der Waals surface area (Å²) in [6, 6.07) is 12.1. The van der Waals surface area contributed by atoms with Crippen LogP contribution in [0.1, 0.15) is 25.7 Å². The normalized spacial score (nSPS) is 21.4. The van der Waals surface area contributed by atoms with Gasteiger partial charge in [-0.05, 0) is 62.1 Å². The van der Waals surface area contributed by atoms with Gasteiger partial charge in [-0.15, -0.1) is 0 Å². The molecule has 1 aliphatic carbocycles. The van der Waals surface area contributed by atoms with Crippen LogP contribution >= 0.6 is 11.6 Å². The molecule has 0 spiro atoms. The maximum absolute atomic E-state index is 12.9. The van der Waals surface area contributed by atoms with Gasteiger partial charge in [-0.25, -0.2) is 0 Å².